The summed E-state index contributed by atoms with van der Waals surface area (Å²) in [6.45, 7) is 2.13. The van der Waals surface area contributed by atoms with Crippen LogP contribution in [0, 0.1) is 0 Å². The number of fused-ring (bicyclic) bond motifs is 1. The van der Waals surface area contributed by atoms with Crippen LogP contribution in [0.25, 0.3) is 11.3 Å². The molecule has 0 saturated heterocycles. The lowest BCUT2D eigenvalue weighted by Crippen LogP contribution is -2.32. The number of carboxylic acids is 1. The van der Waals surface area contributed by atoms with Crippen LogP contribution in [0.5, 0.6) is 5.75 Å². The summed E-state index contributed by atoms with van der Waals surface area (Å²) in [6, 6.07) is 17.8. The number of carboxylic acid groups (broad SMARTS) is 1. The first kappa shape index (κ1) is 21.9. The predicted octanol–water partition coefficient (Wildman–Crippen LogP) is 5.10. The van der Waals surface area contributed by atoms with E-state index in [2.05, 4.69) is 11.0 Å². The van der Waals surface area contributed by atoms with E-state index < -0.39 is 12.4 Å². The van der Waals surface area contributed by atoms with Crippen molar-refractivity contribution in [3.8, 4) is 17.0 Å². The van der Waals surface area contributed by atoms with Crippen LogP contribution in [0.3, 0.4) is 0 Å². The molecule has 7 heteroatoms. The van der Waals surface area contributed by atoms with Crippen molar-refractivity contribution in [3.63, 3.8) is 0 Å². The molecule has 1 aliphatic rings. The van der Waals surface area contributed by atoms with E-state index in [4.69, 9.17) is 14.8 Å². The highest BCUT2D eigenvalue weighted by Crippen LogP contribution is 2.27. The van der Waals surface area contributed by atoms with Crippen LogP contribution >= 0.6 is 0 Å². The minimum atomic E-state index is -2.53. The van der Waals surface area contributed by atoms with Gasteiger partial charge in [0.15, 0.2) is 0 Å². The molecule has 3 aromatic rings. The monoisotopic (exact) mass is 438 g/mol. The SMILES string of the molecule is O=C(O)CCN1CCc2nc(-c3ccc(OCc4ccccc4C(F)F)cc3)ccc2C1. The number of pyridine rings is 1. The molecule has 0 spiro atoms. The molecule has 0 radical (unpaired) electrons. The van der Waals surface area contributed by atoms with E-state index in [9.17, 15) is 13.6 Å². The summed E-state index contributed by atoms with van der Waals surface area (Å²) >= 11 is 0. The lowest BCUT2D eigenvalue weighted by atomic mass is 10.0. The highest BCUT2D eigenvalue weighted by atomic mass is 19.3. The maximum absolute atomic E-state index is 13.1. The number of ether oxygens (including phenoxy) is 1. The van der Waals surface area contributed by atoms with Crippen molar-refractivity contribution >= 4 is 5.97 Å². The van der Waals surface area contributed by atoms with E-state index in [-0.39, 0.29) is 18.6 Å². The molecule has 1 aromatic heterocycles. The second-order valence-electron chi connectivity index (χ2n) is 7.78. The van der Waals surface area contributed by atoms with Gasteiger partial charge in [0.1, 0.15) is 12.4 Å². The van der Waals surface area contributed by atoms with Crippen LogP contribution in [0.1, 0.15) is 35.2 Å². The quantitative estimate of drug-likeness (QED) is 0.530. The minimum absolute atomic E-state index is 0.0103. The molecular weight excluding hydrogens is 414 g/mol. The van der Waals surface area contributed by atoms with Gasteiger partial charge in [-0.3, -0.25) is 14.7 Å². The molecule has 0 unspecified atom stereocenters. The van der Waals surface area contributed by atoms with Crippen molar-refractivity contribution in [3.05, 3.63) is 83.0 Å². The van der Waals surface area contributed by atoms with Crippen molar-refractivity contribution in [1.82, 2.24) is 9.88 Å². The zero-order valence-corrected chi connectivity index (χ0v) is 17.5. The van der Waals surface area contributed by atoms with Gasteiger partial charge < -0.3 is 9.84 Å². The lowest BCUT2D eigenvalue weighted by Gasteiger charge is -2.27. The second-order valence-corrected chi connectivity index (χ2v) is 7.78. The summed E-state index contributed by atoms with van der Waals surface area (Å²) in [5, 5.41) is 8.87. The zero-order valence-electron chi connectivity index (χ0n) is 17.5. The van der Waals surface area contributed by atoms with Crippen LogP contribution in [0.2, 0.25) is 0 Å². The topological polar surface area (TPSA) is 62.7 Å². The third-order valence-corrected chi connectivity index (χ3v) is 5.60. The number of rotatable bonds is 8. The average molecular weight is 438 g/mol. The number of benzene rings is 2. The first-order chi connectivity index (χ1) is 15.5. The fourth-order valence-corrected chi connectivity index (χ4v) is 3.84. The zero-order chi connectivity index (χ0) is 22.5. The van der Waals surface area contributed by atoms with Crippen LogP contribution < -0.4 is 4.74 Å². The third-order valence-electron chi connectivity index (χ3n) is 5.60. The summed E-state index contributed by atoms with van der Waals surface area (Å²) < 4.78 is 31.9. The normalized spacial score (nSPS) is 13.7. The first-order valence-corrected chi connectivity index (χ1v) is 10.5. The maximum Gasteiger partial charge on any atom is 0.304 e. The van der Waals surface area contributed by atoms with Gasteiger partial charge >= 0.3 is 5.97 Å². The van der Waals surface area contributed by atoms with Crippen molar-refractivity contribution < 1.29 is 23.4 Å². The maximum atomic E-state index is 13.1. The Morgan fingerprint density at radius 3 is 2.62 bits per heavy atom. The largest absolute Gasteiger partial charge is 0.489 e. The molecule has 0 atom stereocenters. The lowest BCUT2D eigenvalue weighted by molar-refractivity contribution is -0.137. The Hall–Kier alpha value is -3.32. The third kappa shape index (κ3) is 5.29. The van der Waals surface area contributed by atoms with Gasteiger partial charge in [0.25, 0.3) is 6.43 Å². The first-order valence-electron chi connectivity index (χ1n) is 10.5. The van der Waals surface area contributed by atoms with Crippen LogP contribution in [-0.2, 0) is 24.4 Å². The molecule has 0 saturated carbocycles. The van der Waals surface area contributed by atoms with Crippen LogP contribution in [0.15, 0.2) is 60.7 Å². The Morgan fingerprint density at radius 1 is 1.09 bits per heavy atom. The average Bonchev–Trinajstić information content (AvgIpc) is 2.81. The van der Waals surface area contributed by atoms with Crippen LogP contribution in [0.4, 0.5) is 8.78 Å². The number of hydrogen-bond donors (Lipinski definition) is 1. The molecular formula is C25H24F2N2O3. The van der Waals surface area contributed by atoms with Gasteiger partial charge in [-0.2, -0.15) is 0 Å². The Kier molecular flexibility index (Phi) is 6.75. The summed E-state index contributed by atoms with van der Waals surface area (Å²) in [5.74, 6) is -0.181. The molecule has 2 heterocycles. The fraction of sp³-hybridized carbons (Fsp3) is 0.280. The van der Waals surface area contributed by atoms with E-state index in [1.807, 2.05) is 30.3 Å². The molecule has 1 N–H and O–H groups in total. The highest BCUT2D eigenvalue weighted by molar-refractivity contribution is 5.66. The molecule has 166 valence electrons. The van der Waals surface area contributed by atoms with Gasteiger partial charge in [0, 0.05) is 42.9 Å². The molecule has 0 fully saturated rings. The number of hydrogen-bond acceptors (Lipinski definition) is 4. The van der Waals surface area contributed by atoms with Crippen LogP contribution in [-0.4, -0.2) is 34.0 Å². The summed E-state index contributed by atoms with van der Waals surface area (Å²) in [4.78, 5) is 17.7. The molecule has 1 aliphatic heterocycles. The standard InChI is InChI=1S/C25H24F2N2O3/c26-25(27)21-4-2-1-3-19(21)16-32-20-8-5-17(6-9-20)22-10-7-18-15-29(14-12-24(30)31)13-11-23(18)28-22/h1-10,25H,11-16H2,(H,30,31). The van der Waals surface area contributed by atoms with E-state index in [0.29, 0.717) is 24.4 Å². The summed E-state index contributed by atoms with van der Waals surface area (Å²) in [7, 11) is 0. The molecule has 0 amide bonds. The Labute approximate surface area is 185 Å². The number of alkyl halides is 2. The number of carbonyl (C=O) groups is 1. The Morgan fingerprint density at radius 2 is 1.88 bits per heavy atom. The smallest absolute Gasteiger partial charge is 0.304 e. The predicted molar refractivity (Wildman–Crippen MR) is 117 cm³/mol. The molecule has 4 rings (SSSR count). The molecule has 0 aliphatic carbocycles. The Balaban J connectivity index is 1.40. The number of nitrogens with zero attached hydrogens (tertiary/aromatic N) is 2. The fourth-order valence-electron chi connectivity index (χ4n) is 3.84. The number of aliphatic carboxylic acids is 1. The van der Waals surface area contributed by atoms with Gasteiger partial charge in [-0.1, -0.05) is 30.3 Å². The van der Waals surface area contributed by atoms with Crippen molar-refractivity contribution in [2.24, 2.45) is 0 Å². The summed E-state index contributed by atoms with van der Waals surface area (Å²) in [6.07, 6.45) is -1.60. The van der Waals surface area contributed by atoms with E-state index in [1.54, 1.807) is 18.2 Å². The number of halogens is 2. The Bertz CT molecular complexity index is 1090. The van der Waals surface area contributed by atoms with Gasteiger partial charge in [-0.25, -0.2) is 8.78 Å². The van der Waals surface area contributed by atoms with E-state index in [0.717, 1.165) is 35.5 Å². The molecule has 0 bridgehead atoms. The van der Waals surface area contributed by atoms with Crippen molar-refractivity contribution in [2.45, 2.75) is 32.4 Å². The van der Waals surface area contributed by atoms with Crippen molar-refractivity contribution in [2.75, 3.05) is 13.1 Å². The van der Waals surface area contributed by atoms with Crippen molar-refractivity contribution in [1.29, 1.82) is 0 Å². The second kappa shape index (κ2) is 9.87. The van der Waals surface area contributed by atoms with Gasteiger partial charge in [-0.05, 0) is 41.5 Å². The van der Waals surface area contributed by atoms with E-state index in [1.165, 1.54) is 6.07 Å². The van der Waals surface area contributed by atoms with E-state index >= 15 is 0 Å². The highest BCUT2D eigenvalue weighted by Gasteiger charge is 2.18. The van der Waals surface area contributed by atoms with Gasteiger partial charge in [0.2, 0.25) is 0 Å². The number of aromatic nitrogens is 1. The van der Waals surface area contributed by atoms with Gasteiger partial charge in [0.05, 0.1) is 12.1 Å². The molecule has 32 heavy (non-hydrogen) atoms. The minimum Gasteiger partial charge on any atom is -0.489 e. The molecule has 2 aromatic carbocycles. The molecule has 5 nitrogen and oxygen atoms in total. The summed E-state index contributed by atoms with van der Waals surface area (Å²) in [5.41, 5.74) is 4.43. The van der Waals surface area contributed by atoms with Gasteiger partial charge in [-0.15, -0.1) is 0 Å².